The van der Waals surface area contributed by atoms with Crippen LogP contribution in [-0.4, -0.2) is 72.5 Å². The molecule has 0 aromatic heterocycles. The molecule has 0 spiro atoms. The average molecular weight is 293 g/mol. The first-order valence-electron chi connectivity index (χ1n) is 8.98. The molecule has 3 saturated heterocycles. The second kappa shape index (κ2) is 7.10. The second-order valence-electron chi connectivity index (χ2n) is 7.14. The Morgan fingerprint density at radius 1 is 0.905 bits per heavy atom. The fourth-order valence-corrected chi connectivity index (χ4v) is 4.50. The molecule has 3 aliphatic rings. The van der Waals surface area contributed by atoms with Gasteiger partial charge in [-0.2, -0.15) is 0 Å². The fraction of sp³-hybridized carbons (Fsp3) is 0.941. The number of hydrogen-bond donors (Lipinski definition) is 0. The number of piperidine rings is 1. The van der Waals surface area contributed by atoms with Crippen LogP contribution in [0.5, 0.6) is 0 Å². The van der Waals surface area contributed by atoms with Crippen LogP contribution in [0.25, 0.3) is 0 Å². The molecular weight excluding hydrogens is 262 g/mol. The molecule has 4 nitrogen and oxygen atoms in total. The summed E-state index contributed by atoms with van der Waals surface area (Å²) >= 11 is 0. The summed E-state index contributed by atoms with van der Waals surface area (Å²) in [6.07, 6.45) is 9.71. The lowest BCUT2D eigenvalue weighted by atomic mass is 10.0. The van der Waals surface area contributed by atoms with Crippen molar-refractivity contribution in [3.05, 3.63) is 0 Å². The predicted octanol–water partition coefficient (Wildman–Crippen LogP) is 1.95. The van der Waals surface area contributed by atoms with Crippen molar-refractivity contribution in [2.75, 3.05) is 39.8 Å². The smallest absolute Gasteiger partial charge is 0.224 e. The van der Waals surface area contributed by atoms with Gasteiger partial charge >= 0.3 is 0 Å². The molecule has 4 heteroatoms. The van der Waals surface area contributed by atoms with Crippen LogP contribution in [0, 0.1) is 0 Å². The van der Waals surface area contributed by atoms with Crippen molar-refractivity contribution in [3.63, 3.8) is 0 Å². The lowest BCUT2D eigenvalue weighted by Crippen LogP contribution is -2.47. The first kappa shape index (κ1) is 15.3. The van der Waals surface area contributed by atoms with Crippen LogP contribution < -0.4 is 0 Å². The standard InChI is InChI=1S/C17H31N3O/c1-18-10-5-7-15(18)16-8-6-13-20(16)17(21)9-14-19-11-3-2-4-12-19/h15-16H,2-14H2,1H3/t15-,16-/m1/s1. The van der Waals surface area contributed by atoms with Gasteiger partial charge in [-0.05, 0) is 65.2 Å². The van der Waals surface area contributed by atoms with E-state index in [0.29, 0.717) is 18.0 Å². The highest BCUT2D eigenvalue weighted by atomic mass is 16.2. The summed E-state index contributed by atoms with van der Waals surface area (Å²) in [6, 6.07) is 1.11. The third kappa shape index (κ3) is 3.59. The van der Waals surface area contributed by atoms with Gasteiger partial charge in [-0.1, -0.05) is 6.42 Å². The Labute approximate surface area is 129 Å². The maximum atomic E-state index is 12.6. The highest BCUT2D eigenvalue weighted by Gasteiger charge is 2.38. The molecule has 0 N–H and O–H groups in total. The first-order chi connectivity index (χ1) is 10.3. The second-order valence-corrected chi connectivity index (χ2v) is 7.14. The van der Waals surface area contributed by atoms with E-state index in [0.717, 1.165) is 19.5 Å². The molecular formula is C17H31N3O. The summed E-state index contributed by atoms with van der Waals surface area (Å²) in [7, 11) is 2.23. The highest BCUT2D eigenvalue weighted by molar-refractivity contribution is 5.77. The Kier molecular flexibility index (Phi) is 5.17. The molecule has 3 heterocycles. The quantitative estimate of drug-likeness (QED) is 0.792. The minimum absolute atomic E-state index is 0.406. The summed E-state index contributed by atoms with van der Waals surface area (Å²) in [4.78, 5) is 19.8. The maximum Gasteiger partial charge on any atom is 0.224 e. The van der Waals surface area contributed by atoms with E-state index in [1.807, 2.05) is 0 Å². The average Bonchev–Trinajstić information content (AvgIpc) is 3.14. The molecule has 0 radical (unpaired) electrons. The molecule has 21 heavy (non-hydrogen) atoms. The van der Waals surface area contributed by atoms with E-state index in [2.05, 4.69) is 21.7 Å². The molecule has 1 amide bonds. The number of carbonyl (C=O) groups excluding carboxylic acids is 1. The zero-order valence-corrected chi connectivity index (χ0v) is 13.6. The summed E-state index contributed by atoms with van der Waals surface area (Å²) in [5, 5.41) is 0. The number of likely N-dealkylation sites (N-methyl/N-ethyl adjacent to an activating group) is 1. The molecule has 0 unspecified atom stereocenters. The SMILES string of the molecule is CN1CCC[C@@H]1[C@H]1CCCN1C(=O)CCN1CCCCC1. The Morgan fingerprint density at radius 3 is 2.33 bits per heavy atom. The predicted molar refractivity (Wildman–Crippen MR) is 85.3 cm³/mol. The molecule has 0 aromatic rings. The van der Waals surface area contributed by atoms with Crippen molar-refractivity contribution >= 4 is 5.91 Å². The fourth-order valence-electron chi connectivity index (χ4n) is 4.50. The van der Waals surface area contributed by atoms with Crippen LogP contribution in [0.1, 0.15) is 51.4 Å². The van der Waals surface area contributed by atoms with E-state index in [1.165, 1.54) is 64.6 Å². The zero-order valence-electron chi connectivity index (χ0n) is 13.6. The molecule has 0 aromatic carbocycles. The molecule has 3 aliphatic heterocycles. The Balaban J connectivity index is 1.50. The highest BCUT2D eigenvalue weighted by Crippen LogP contribution is 2.29. The Hall–Kier alpha value is -0.610. The molecule has 0 bridgehead atoms. The van der Waals surface area contributed by atoms with Gasteiger partial charge in [-0.25, -0.2) is 0 Å². The number of hydrogen-bond acceptors (Lipinski definition) is 3. The van der Waals surface area contributed by atoms with Crippen molar-refractivity contribution in [2.45, 2.75) is 63.5 Å². The number of rotatable bonds is 4. The van der Waals surface area contributed by atoms with Crippen LogP contribution in [0.2, 0.25) is 0 Å². The summed E-state index contributed by atoms with van der Waals surface area (Å²) in [6.45, 7) is 5.57. The van der Waals surface area contributed by atoms with Gasteiger partial charge < -0.3 is 14.7 Å². The van der Waals surface area contributed by atoms with Gasteiger partial charge in [0, 0.05) is 31.6 Å². The summed E-state index contributed by atoms with van der Waals surface area (Å²) in [5.74, 6) is 0.406. The third-order valence-electron chi connectivity index (χ3n) is 5.73. The van der Waals surface area contributed by atoms with Crippen molar-refractivity contribution < 1.29 is 4.79 Å². The van der Waals surface area contributed by atoms with Crippen LogP contribution in [0.15, 0.2) is 0 Å². The minimum atomic E-state index is 0.406. The Bertz CT molecular complexity index is 354. The summed E-state index contributed by atoms with van der Waals surface area (Å²) < 4.78 is 0. The largest absolute Gasteiger partial charge is 0.338 e. The zero-order chi connectivity index (χ0) is 14.7. The lowest BCUT2D eigenvalue weighted by molar-refractivity contribution is -0.133. The van der Waals surface area contributed by atoms with Crippen LogP contribution in [0.3, 0.4) is 0 Å². The van der Waals surface area contributed by atoms with Crippen molar-refractivity contribution in [1.29, 1.82) is 0 Å². The number of nitrogens with zero attached hydrogens (tertiary/aromatic N) is 3. The van der Waals surface area contributed by atoms with Crippen LogP contribution >= 0.6 is 0 Å². The van der Waals surface area contributed by atoms with E-state index < -0.39 is 0 Å². The van der Waals surface area contributed by atoms with Crippen LogP contribution in [0.4, 0.5) is 0 Å². The number of carbonyl (C=O) groups is 1. The molecule has 3 rings (SSSR count). The topological polar surface area (TPSA) is 26.8 Å². The van der Waals surface area contributed by atoms with E-state index in [1.54, 1.807) is 0 Å². The monoisotopic (exact) mass is 293 g/mol. The summed E-state index contributed by atoms with van der Waals surface area (Å²) in [5.41, 5.74) is 0. The molecule has 3 fully saturated rings. The first-order valence-corrected chi connectivity index (χ1v) is 8.98. The molecule has 2 atom stereocenters. The maximum absolute atomic E-state index is 12.6. The molecule has 120 valence electrons. The molecule has 0 saturated carbocycles. The van der Waals surface area contributed by atoms with Gasteiger partial charge in [0.2, 0.25) is 5.91 Å². The van der Waals surface area contributed by atoms with Gasteiger partial charge in [-0.15, -0.1) is 0 Å². The van der Waals surface area contributed by atoms with E-state index in [9.17, 15) is 4.79 Å². The Morgan fingerprint density at radius 2 is 1.62 bits per heavy atom. The number of likely N-dealkylation sites (tertiary alicyclic amines) is 3. The minimum Gasteiger partial charge on any atom is -0.338 e. The van der Waals surface area contributed by atoms with Gasteiger partial charge in [0.15, 0.2) is 0 Å². The normalized spacial score (nSPS) is 32.0. The van der Waals surface area contributed by atoms with Crippen molar-refractivity contribution in [3.8, 4) is 0 Å². The van der Waals surface area contributed by atoms with Gasteiger partial charge in [0.25, 0.3) is 0 Å². The number of amides is 1. The van der Waals surface area contributed by atoms with Crippen LogP contribution in [-0.2, 0) is 4.79 Å². The van der Waals surface area contributed by atoms with Gasteiger partial charge in [0.05, 0.1) is 0 Å². The van der Waals surface area contributed by atoms with Crippen molar-refractivity contribution in [1.82, 2.24) is 14.7 Å². The van der Waals surface area contributed by atoms with Crippen molar-refractivity contribution in [2.24, 2.45) is 0 Å². The third-order valence-corrected chi connectivity index (χ3v) is 5.73. The van der Waals surface area contributed by atoms with E-state index in [-0.39, 0.29) is 0 Å². The van der Waals surface area contributed by atoms with Gasteiger partial charge in [0.1, 0.15) is 0 Å². The lowest BCUT2D eigenvalue weighted by Gasteiger charge is -2.34. The molecule has 0 aliphatic carbocycles. The van der Waals surface area contributed by atoms with E-state index in [4.69, 9.17) is 0 Å². The van der Waals surface area contributed by atoms with E-state index >= 15 is 0 Å². The van der Waals surface area contributed by atoms with Gasteiger partial charge in [-0.3, -0.25) is 4.79 Å².